The molecule has 0 fully saturated rings. The van der Waals surface area contributed by atoms with Crippen molar-refractivity contribution >= 4 is 38.9 Å². The molecule has 0 bridgehead atoms. The van der Waals surface area contributed by atoms with Crippen LogP contribution in [0.25, 0.3) is 0 Å². The number of carbonyl (C=O) groups excluding carboxylic acids is 1. The molecule has 25 heavy (non-hydrogen) atoms. The summed E-state index contributed by atoms with van der Waals surface area (Å²) >= 11 is 5.84. The van der Waals surface area contributed by atoms with Crippen LogP contribution >= 0.6 is 11.6 Å². The van der Waals surface area contributed by atoms with Crippen LogP contribution in [0.1, 0.15) is 18.9 Å². The third kappa shape index (κ3) is 4.96. The molecule has 2 aromatic carbocycles. The predicted octanol–water partition coefficient (Wildman–Crippen LogP) is 3.83. The third-order valence-electron chi connectivity index (χ3n) is 3.70. The fourth-order valence-electron chi connectivity index (χ4n) is 2.58. The SMILES string of the molecule is CCC(C(=O)Nc1ccc(Cl)cc1)N(c1cccc(C)c1)S(C)(=O)=O. The van der Waals surface area contributed by atoms with E-state index < -0.39 is 22.0 Å². The summed E-state index contributed by atoms with van der Waals surface area (Å²) in [5.74, 6) is -0.392. The summed E-state index contributed by atoms with van der Waals surface area (Å²) in [6.07, 6.45) is 1.44. The first kappa shape index (κ1) is 19.3. The van der Waals surface area contributed by atoms with Crippen molar-refractivity contribution in [1.82, 2.24) is 0 Å². The molecule has 0 aliphatic heterocycles. The van der Waals surface area contributed by atoms with E-state index in [0.717, 1.165) is 11.8 Å². The van der Waals surface area contributed by atoms with Gasteiger partial charge in [-0.1, -0.05) is 30.7 Å². The van der Waals surface area contributed by atoms with Gasteiger partial charge >= 0.3 is 0 Å². The van der Waals surface area contributed by atoms with Gasteiger partial charge in [-0.25, -0.2) is 8.42 Å². The molecule has 0 aromatic heterocycles. The average molecular weight is 381 g/mol. The van der Waals surface area contributed by atoms with Crippen LogP contribution in [-0.4, -0.2) is 26.6 Å². The summed E-state index contributed by atoms with van der Waals surface area (Å²) in [7, 11) is -3.64. The van der Waals surface area contributed by atoms with E-state index in [1.165, 1.54) is 4.31 Å². The summed E-state index contributed by atoms with van der Waals surface area (Å²) in [4.78, 5) is 12.7. The minimum Gasteiger partial charge on any atom is -0.324 e. The van der Waals surface area contributed by atoms with Crippen molar-refractivity contribution in [3.05, 3.63) is 59.1 Å². The quantitative estimate of drug-likeness (QED) is 0.828. The van der Waals surface area contributed by atoms with Gasteiger partial charge < -0.3 is 5.32 Å². The van der Waals surface area contributed by atoms with Crippen molar-refractivity contribution in [3.8, 4) is 0 Å². The molecule has 7 heteroatoms. The maximum Gasteiger partial charge on any atom is 0.248 e. The van der Waals surface area contributed by atoms with E-state index in [4.69, 9.17) is 11.6 Å². The Hall–Kier alpha value is -2.05. The van der Waals surface area contributed by atoms with Gasteiger partial charge in [-0.05, 0) is 55.3 Å². The number of halogens is 1. The van der Waals surface area contributed by atoms with Crippen LogP contribution in [0, 0.1) is 6.92 Å². The van der Waals surface area contributed by atoms with Crippen molar-refractivity contribution in [2.24, 2.45) is 0 Å². The second kappa shape index (κ2) is 7.89. The summed E-state index contributed by atoms with van der Waals surface area (Å²) in [5.41, 5.74) is 1.95. The largest absolute Gasteiger partial charge is 0.324 e. The fraction of sp³-hybridized carbons (Fsp3) is 0.278. The number of aryl methyl sites for hydroxylation is 1. The zero-order valence-electron chi connectivity index (χ0n) is 14.4. The minimum absolute atomic E-state index is 0.334. The third-order valence-corrected chi connectivity index (χ3v) is 5.13. The molecule has 0 radical (unpaired) electrons. The molecule has 1 unspecified atom stereocenters. The molecule has 0 spiro atoms. The molecule has 0 saturated heterocycles. The van der Waals surface area contributed by atoms with Crippen LogP contribution < -0.4 is 9.62 Å². The Labute approximate surface area is 153 Å². The highest BCUT2D eigenvalue weighted by Gasteiger charge is 2.31. The number of nitrogens with zero attached hydrogens (tertiary/aromatic N) is 1. The second-order valence-corrected chi connectivity index (χ2v) is 8.11. The Morgan fingerprint density at radius 3 is 2.36 bits per heavy atom. The zero-order chi connectivity index (χ0) is 18.6. The predicted molar refractivity (Wildman–Crippen MR) is 103 cm³/mol. The number of benzene rings is 2. The lowest BCUT2D eigenvalue weighted by atomic mass is 10.1. The van der Waals surface area contributed by atoms with Gasteiger partial charge in [-0.3, -0.25) is 9.10 Å². The van der Waals surface area contributed by atoms with Gasteiger partial charge in [0.2, 0.25) is 15.9 Å². The molecule has 0 heterocycles. The molecule has 0 aliphatic carbocycles. The van der Waals surface area contributed by atoms with Crippen LogP contribution in [0.4, 0.5) is 11.4 Å². The Balaban J connectivity index is 2.36. The smallest absolute Gasteiger partial charge is 0.248 e. The van der Waals surface area contributed by atoms with E-state index >= 15 is 0 Å². The standard InChI is InChI=1S/C18H21ClN2O3S/c1-4-17(18(22)20-15-10-8-14(19)9-11-15)21(25(3,23)24)16-7-5-6-13(2)12-16/h5-12,17H,4H2,1-3H3,(H,20,22). The maximum absolute atomic E-state index is 12.7. The molecule has 1 amide bonds. The van der Waals surface area contributed by atoms with Crippen LogP contribution in [-0.2, 0) is 14.8 Å². The molecule has 1 N–H and O–H groups in total. The molecule has 0 saturated carbocycles. The number of hydrogen-bond donors (Lipinski definition) is 1. The molecule has 134 valence electrons. The Morgan fingerprint density at radius 1 is 1.20 bits per heavy atom. The van der Waals surface area contributed by atoms with Crippen LogP contribution in [0.2, 0.25) is 5.02 Å². The van der Waals surface area contributed by atoms with E-state index in [1.807, 2.05) is 13.0 Å². The molecule has 5 nitrogen and oxygen atoms in total. The molecular formula is C18H21ClN2O3S. The molecular weight excluding hydrogens is 360 g/mol. The topological polar surface area (TPSA) is 66.5 Å². The molecule has 2 aromatic rings. The highest BCUT2D eigenvalue weighted by atomic mass is 35.5. The highest BCUT2D eigenvalue weighted by Crippen LogP contribution is 2.24. The number of hydrogen-bond acceptors (Lipinski definition) is 3. The lowest BCUT2D eigenvalue weighted by Crippen LogP contribution is -2.47. The van der Waals surface area contributed by atoms with E-state index in [2.05, 4.69) is 5.32 Å². The highest BCUT2D eigenvalue weighted by molar-refractivity contribution is 7.92. The van der Waals surface area contributed by atoms with Gasteiger partial charge in [-0.2, -0.15) is 0 Å². The number of rotatable bonds is 6. The number of anilines is 2. The van der Waals surface area contributed by atoms with Gasteiger partial charge in [0, 0.05) is 10.7 Å². The minimum atomic E-state index is -3.64. The number of amides is 1. The van der Waals surface area contributed by atoms with Gasteiger partial charge in [0.25, 0.3) is 0 Å². The van der Waals surface area contributed by atoms with Crippen LogP contribution in [0.15, 0.2) is 48.5 Å². The normalized spacial score (nSPS) is 12.5. The van der Waals surface area contributed by atoms with Gasteiger partial charge in [0.05, 0.1) is 11.9 Å². The monoisotopic (exact) mass is 380 g/mol. The summed E-state index contributed by atoms with van der Waals surface area (Å²) in [6.45, 7) is 3.65. The summed E-state index contributed by atoms with van der Waals surface area (Å²) in [6, 6.07) is 12.9. The Morgan fingerprint density at radius 2 is 1.84 bits per heavy atom. The van der Waals surface area contributed by atoms with Crippen molar-refractivity contribution in [1.29, 1.82) is 0 Å². The Bertz CT molecular complexity index is 851. The first-order valence-electron chi connectivity index (χ1n) is 7.85. The summed E-state index contributed by atoms with van der Waals surface area (Å²) in [5, 5.41) is 3.31. The van der Waals surface area contributed by atoms with Gasteiger partial charge in [0.1, 0.15) is 6.04 Å². The van der Waals surface area contributed by atoms with E-state index in [-0.39, 0.29) is 0 Å². The molecule has 1 atom stereocenters. The first-order valence-corrected chi connectivity index (χ1v) is 10.1. The summed E-state index contributed by atoms with van der Waals surface area (Å²) < 4.78 is 25.9. The van der Waals surface area contributed by atoms with Gasteiger partial charge in [0.15, 0.2) is 0 Å². The van der Waals surface area contributed by atoms with Crippen LogP contribution in [0.3, 0.4) is 0 Å². The van der Waals surface area contributed by atoms with E-state index in [1.54, 1.807) is 49.4 Å². The number of carbonyl (C=O) groups is 1. The second-order valence-electron chi connectivity index (χ2n) is 5.82. The van der Waals surface area contributed by atoms with Crippen molar-refractivity contribution in [3.63, 3.8) is 0 Å². The lowest BCUT2D eigenvalue weighted by Gasteiger charge is -2.30. The van der Waals surface area contributed by atoms with Crippen LogP contribution in [0.5, 0.6) is 0 Å². The molecule has 2 rings (SSSR count). The molecule has 0 aliphatic rings. The van der Waals surface area contributed by atoms with Crippen molar-refractivity contribution in [2.45, 2.75) is 26.3 Å². The van der Waals surface area contributed by atoms with Crippen molar-refractivity contribution < 1.29 is 13.2 Å². The van der Waals surface area contributed by atoms with Crippen molar-refractivity contribution in [2.75, 3.05) is 15.9 Å². The lowest BCUT2D eigenvalue weighted by molar-refractivity contribution is -0.117. The number of sulfonamides is 1. The first-order chi connectivity index (χ1) is 11.7. The number of nitrogens with one attached hydrogen (secondary N) is 1. The van der Waals surface area contributed by atoms with Gasteiger partial charge in [-0.15, -0.1) is 0 Å². The van der Waals surface area contributed by atoms with E-state index in [9.17, 15) is 13.2 Å². The maximum atomic E-state index is 12.7. The fourth-order valence-corrected chi connectivity index (χ4v) is 3.91. The van der Waals surface area contributed by atoms with E-state index in [0.29, 0.717) is 22.8 Å². The Kier molecular flexibility index (Phi) is 6.08. The zero-order valence-corrected chi connectivity index (χ0v) is 15.9. The average Bonchev–Trinajstić information content (AvgIpc) is 2.53.